The number of ether oxygens (including phenoxy) is 2. The van der Waals surface area contributed by atoms with Crippen molar-refractivity contribution in [3.05, 3.63) is 18.2 Å². The standard InChI is InChI=1S/C17H27N3O3/c1-12(18)7-17(21)20-6-4-5-13(11-20)19-14-8-15(22-2)10-16(9-14)23-3/h8-10,12-13,19H,4-7,11,18H2,1-3H3. The predicted molar refractivity (Wildman–Crippen MR) is 91.0 cm³/mol. The Morgan fingerprint density at radius 3 is 2.57 bits per heavy atom. The van der Waals surface area contributed by atoms with Crippen LogP contribution in [0.5, 0.6) is 11.5 Å². The summed E-state index contributed by atoms with van der Waals surface area (Å²) in [5.41, 5.74) is 6.67. The molecule has 0 aliphatic carbocycles. The predicted octanol–water partition coefficient (Wildman–Crippen LogP) is 1.84. The third-order valence-electron chi connectivity index (χ3n) is 3.99. The molecule has 1 aliphatic rings. The Morgan fingerprint density at radius 1 is 1.35 bits per heavy atom. The number of rotatable bonds is 6. The number of benzene rings is 1. The zero-order valence-electron chi connectivity index (χ0n) is 14.2. The van der Waals surface area contributed by atoms with Crippen LogP contribution in [0.2, 0.25) is 0 Å². The number of nitrogens with one attached hydrogen (secondary N) is 1. The Balaban J connectivity index is 2.01. The average Bonchev–Trinajstić information content (AvgIpc) is 2.54. The maximum Gasteiger partial charge on any atom is 0.224 e. The van der Waals surface area contributed by atoms with Crippen molar-refractivity contribution in [1.82, 2.24) is 4.90 Å². The minimum absolute atomic E-state index is 0.0986. The number of anilines is 1. The number of likely N-dealkylation sites (tertiary alicyclic amines) is 1. The van der Waals surface area contributed by atoms with E-state index < -0.39 is 0 Å². The molecule has 2 rings (SSSR count). The lowest BCUT2D eigenvalue weighted by Gasteiger charge is -2.34. The van der Waals surface area contributed by atoms with Crippen LogP contribution in [0.4, 0.5) is 5.69 Å². The van der Waals surface area contributed by atoms with Crippen LogP contribution in [0.1, 0.15) is 26.2 Å². The fourth-order valence-electron chi connectivity index (χ4n) is 2.85. The Bertz CT molecular complexity index is 512. The monoisotopic (exact) mass is 321 g/mol. The smallest absolute Gasteiger partial charge is 0.224 e. The van der Waals surface area contributed by atoms with Crippen molar-refractivity contribution in [3.8, 4) is 11.5 Å². The van der Waals surface area contributed by atoms with Gasteiger partial charge in [-0.1, -0.05) is 0 Å². The van der Waals surface area contributed by atoms with E-state index >= 15 is 0 Å². The van der Waals surface area contributed by atoms with Crippen molar-refractivity contribution >= 4 is 11.6 Å². The molecule has 0 spiro atoms. The number of carbonyl (C=O) groups excluding carboxylic acids is 1. The van der Waals surface area contributed by atoms with Gasteiger partial charge in [0.25, 0.3) is 0 Å². The number of methoxy groups -OCH3 is 2. The van der Waals surface area contributed by atoms with Crippen LogP contribution in [-0.2, 0) is 4.79 Å². The zero-order chi connectivity index (χ0) is 16.8. The summed E-state index contributed by atoms with van der Waals surface area (Å²) in [5.74, 6) is 1.62. The van der Waals surface area contributed by atoms with Crippen LogP contribution < -0.4 is 20.5 Å². The fraction of sp³-hybridized carbons (Fsp3) is 0.588. The summed E-state index contributed by atoms with van der Waals surface area (Å²) in [6, 6.07) is 5.83. The number of hydrogen-bond donors (Lipinski definition) is 2. The zero-order valence-corrected chi connectivity index (χ0v) is 14.2. The van der Waals surface area contributed by atoms with E-state index in [1.54, 1.807) is 14.2 Å². The molecule has 1 amide bonds. The lowest BCUT2D eigenvalue weighted by molar-refractivity contribution is -0.132. The first kappa shape index (κ1) is 17.4. The molecule has 0 saturated carbocycles. The second-order valence-electron chi connectivity index (χ2n) is 6.11. The minimum Gasteiger partial charge on any atom is -0.497 e. The molecule has 6 nitrogen and oxygen atoms in total. The van der Waals surface area contributed by atoms with Gasteiger partial charge in [0.15, 0.2) is 0 Å². The largest absolute Gasteiger partial charge is 0.497 e. The van der Waals surface area contributed by atoms with Crippen LogP contribution >= 0.6 is 0 Å². The van der Waals surface area contributed by atoms with Crippen molar-refractivity contribution in [2.24, 2.45) is 5.73 Å². The Morgan fingerprint density at radius 2 is 2.00 bits per heavy atom. The quantitative estimate of drug-likeness (QED) is 0.836. The first-order valence-corrected chi connectivity index (χ1v) is 8.04. The first-order chi connectivity index (χ1) is 11.0. The fourth-order valence-corrected chi connectivity index (χ4v) is 2.85. The molecule has 2 unspecified atom stereocenters. The van der Waals surface area contributed by atoms with E-state index in [2.05, 4.69) is 5.32 Å². The number of nitrogens with zero attached hydrogens (tertiary/aromatic N) is 1. The maximum absolute atomic E-state index is 12.2. The topological polar surface area (TPSA) is 76.8 Å². The molecule has 1 heterocycles. The van der Waals surface area contributed by atoms with Gasteiger partial charge < -0.3 is 25.4 Å². The molecule has 0 bridgehead atoms. The van der Waals surface area contributed by atoms with Gasteiger partial charge in [-0.05, 0) is 19.8 Å². The van der Waals surface area contributed by atoms with E-state index in [4.69, 9.17) is 15.2 Å². The number of amides is 1. The average molecular weight is 321 g/mol. The molecular formula is C17H27N3O3. The summed E-state index contributed by atoms with van der Waals surface area (Å²) in [5, 5.41) is 3.48. The maximum atomic E-state index is 12.2. The van der Waals surface area contributed by atoms with Crippen LogP contribution in [0, 0.1) is 0 Å². The van der Waals surface area contributed by atoms with Gasteiger partial charge in [-0.3, -0.25) is 4.79 Å². The second kappa shape index (κ2) is 8.06. The lowest BCUT2D eigenvalue weighted by atomic mass is 10.0. The molecule has 128 valence electrons. The van der Waals surface area contributed by atoms with E-state index in [0.717, 1.165) is 36.6 Å². The van der Waals surface area contributed by atoms with Gasteiger partial charge in [-0.2, -0.15) is 0 Å². The van der Waals surface area contributed by atoms with Crippen LogP contribution in [-0.4, -0.2) is 50.2 Å². The Labute approximate surface area is 137 Å². The van der Waals surface area contributed by atoms with Gasteiger partial charge in [0.05, 0.1) is 14.2 Å². The van der Waals surface area contributed by atoms with Gasteiger partial charge in [0, 0.05) is 55.5 Å². The third-order valence-corrected chi connectivity index (χ3v) is 3.99. The second-order valence-corrected chi connectivity index (χ2v) is 6.11. The Hall–Kier alpha value is -1.95. The first-order valence-electron chi connectivity index (χ1n) is 8.04. The van der Waals surface area contributed by atoms with E-state index in [0.29, 0.717) is 13.0 Å². The van der Waals surface area contributed by atoms with Gasteiger partial charge >= 0.3 is 0 Å². The summed E-state index contributed by atoms with van der Waals surface area (Å²) in [6.07, 6.45) is 2.42. The molecule has 1 fully saturated rings. The SMILES string of the molecule is COc1cc(NC2CCCN(C(=O)CC(C)N)C2)cc(OC)c1. The van der Waals surface area contributed by atoms with E-state index in [1.807, 2.05) is 30.0 Å². The van der Waals surface area contributed by atoms with Crippen molar-refractivity contribution in [2.45, 2.75) is 38.3 Å². The highest BCUT2D eigenvalue weighted by molar-refractivity contribution is 5.77. The number of hydrogen-bond acceptors (Lipinski definition) is 5. The molecule has 2 atom stereocenters. The van der Waals surface area contributed by atoms with Crippen molar-refractivity contribution in [2.75, 3.05) is 32.6 Å². The van der Waals surface area contributed by atoms with Crippen molar-refractivity contribution in [1.29, 1.82) is 0 Å². The van der Waals surface area contributed by atoms with Crippen LogP contribution in [0.25, 0.3) is 0 Å². The number of carbonyl (C=O) groups is 1. The summed E-state index contributed by atoms with van der Waals surface area (Å²) in [7, 11) is 3.26. The molecule has 6 heteroatoms. The van der Waals surface area contributed by atoms with Crippen molar-refractivity contribution in [3.63, 3.8) is 0 Å². The summed E-state index contributed by atoms with van der Waals surface area (Å²) >= 11 is 0. The highest BCUT2D eigenvalue weighted by Crippen LogP contribution is 2.27. The molecule has 1 aromatic rings. The summed E-state index contributed by atoms with van der Waals surface area (Å²) in [6.45, 7) is 3.37. The highest BCUT2D eigenvalue weighted by atomic mass is 16.5. The molecule has 1 saturated heterocycles. The molecular weight excluding hydrogens is 294 g/mol. The third kappa shape index (κ3) is 5.03. The minimum atomic E-state index is -0.0986. The molecule has 1 aromatic carbocycles. The molecule has 1 aliphatic heterocycles. The van der Waals surface area contributed by atoms with Crippen molar-refractivity contribution < 1.29 is 14.3 Å². The van der Waals surface area contributed by atoms with Gasteiger partial charge in [-0.15, -0.1) is 0 Å². The van der Waals surface area contributed by atoms with Gasteiger partial charge in [-0.25, -0.2) is 0 Å². The number of piperidine rings is 1. The number of nitrogens with two attached hydrogens (primary N) is 1. The van der Waals surface area contributed by atoms with Crippen LogP contribution in [0.15, 0.2) is 18.2 Å². The Kier molecular flexibility index (Phi) is 6.10. The molecule has 23 heavy (non-hydrogen) atoms. The molecule has 0 aromatic heterocycles. The lowest BCUT2D eigenvalue weighted by Crippen LogP contribution is -2.46. The molecule has 3 N–H and O–H groups in total. The van der Waals surface area contributed by atoms with Gasteiger partial charge in [0.2, 0.25) is 5.91 Å². The summed E-state index contributed by atoms with van der Waals surface area (Å²) in [4.78, 5) is 14.1. The van der Waals surface area contributed by atoms with Gasteiger partial charge in [0.1, 0.15) is 11.5 Å². The van der Waals surface area contributed by atoms with E-state index in [9.17, 15) is 4.79 Å². The van der Waals surface area contributed by atoms with Crippen LogP contribution in [0.3, 0.4) is 0 Å². The highest BCUT2D eigenvalue weighted by Gasteiger charge is 2.24. The van der Waals surface area contributed by atoms with E-state index in [-0.39, 0.29) is 18.0 Å². The molecule has 0 radical (unpaired) electrons. The normalized spacial score (nSPS) is 19.1. The van der Waals surface area contributed by atoms with E-state index in [1.165, 1.54) is 0 Å². The summed E-state index contributed by atoms with van der Waals surface area (Å²) < 4.78 is 10.6.